The summed E-state index contributed by atoms with van der Waals surface area (Å²) in [4.78, 5) is 7.57. The van der Waals surface area contributed by atoms with Gasteiger partial charge in [-0.05, 0) is 24.6 Å². The van der Waals surface area contributed by atoms with Gasteiger partial charge < -0.3 is 5.73 Å². The molecule has 0 atom stereocenters. The molecule has 0 aliphatic carbocycles. The van der Waals surface area contributed by atoms with Crippen molar-refractivity contribution in [3.8, 4) is 0 Å². The van der Waals surface area contributed by atoms with Gasteiger partial charge in [-0.3, -0.25) is 4.72 Å². The first-order valence-corrected chi connectivity index (χ1v) is 6.61. The summed E-state index contributed by atoms with van der Waals surface area (Å²) in [5.41, 5.74) is 7.26. The molecule has 7 heteroatoms. The van der Waals surface area contributed by atoms with Crippen LogP contribution in [-0.2, 0) is 10.0 Å². The molecule has 0 unspecified atom stereocenters. The number of hydrogen-bond donors (Lipinski definition) is 2. The second kappa shape index (κ2) is 4.61. The van der Waals surface area contributed by atoms with Crippen molar-refractivity contribution in [3.63, 3.8) is 0 Å². The molecule has 6 nitrogen and oxygen atoms in total. The summed E-state index contributed by atoms with van der Waals surface area (Å²) in [6.45, 7) is 1.81. The van der Waals surface area contributed by atoms with Crippen LogP contribution in [0.15, 0.2) is 41.8 Å². The second-order valence-corrected chi connectivity index (χ2v) is 5.43. The molecule has 3 N–H and O–H groups in total. The number of hydrogen-bond acceptors (Lipinski definition) is 5. The average Bonchev–Trinajstić information content (AvgIpc) is 2.33. The van der Waals surface area contributed by atoms with E-state index in [-0.39, 0.29) is 4.90 Å². The summed E-state index contributed by atoms with van der Waals surface area (Å²) in [5, 5.41) is 0. The van der Waals surface area contributed by atoms with Crippen LogP contribution in [-0.4, -0.2) is 18.4 Å². The van der Waals surface area contributed by atoms with Crippen molar-refractivity contribution in [3.05, 3.63) is 42.5 Å². The van der Waals surface area contributed by atoms with Crippen LogP contribution in [0.4, 0.5) is 11.4 Å². The van der Waals surface area contributed by atoms with Crippen molar-refractivity contribution in [1.29, 1.82) is 0 Å². The summed E-state index contributed by atoms with van der Waals surface area (Å²) in [7, 11) is -3.66. The van der Waals surface area contributed by atoms with Gasteiger partial charge >= 0.3 is 0 Å². The third-order valence-corrected chi connectivity index (χ3v) is 3.75. The molecule has 0 saturated carbocycles. The fraction of sp³-hybridized carbons (Fsp3) is 0.0909. The first kappa shape index (κ1) is 12.3. The number of nitrogens with zero attached hydrogens (tertiary/aromatic N) is 2. The fourth-order valence-corrected chi connectivity index (χ4v) is 2.41. The van der Waals surface area contributed by atoms with Gasteiger partial charge in [-0.1, -0.05) is 6.07 Å². The van der Waals surface area contributed by atoms with E-state index in [0.29, 0.717) is 11.4 Å². The number of aryl methyl sites for hydroxylation is 1. The van der Waals surface area contributed by atoms with Crippen molar-refractivity contribution in [2.24, 2.45) is 0 Å². The Hall–Kier alpha value is -2.15. The van der Waals surface area contributed by atoms with Crippen molar-refractivity contribution < 1.29 is 8.42 Å². The Kier molecular flexibility index (Phi) is 3.15. The first-order valence-electron chi connectivity index (χ1n) is 5.13. The van der Waals surface area contributed by atoms with Crippen LogP contribution in [0, 0.1) is 6.92 Å². The summed E-state index contributed by atoms with van der Waals surface area (Å²) in [6.07, 6.45) is 4.08. The van der Waals surface area contributed by atoms with E-state index in [2.05, 4.69) is 14.7 Å². The van der Waals surface area contributed by atoms with Crippen LogP contribution in [0.25, 0.3) is 0 Å². The number of nitrogens with one attached hydrogen (secondary N) is 1. The first-order chi connectivity index (χ1) is 8.49. The molecule has 2 aromatic rings. The van der Waals surface area contributed by atoms with Crippen molar-refractivity contribution >= 4 is 21.4 Å². The van der Waals surface area contributed by atoms with E-state index < -0.39 is 10.0 Å². The molecule has 94 valence electrons. The van der Waals surface area contributed by atoms with E-state index >= 15 is 0 Å². The predicted octanol–water partition coefficient (Wildman–Crippen LogP) is 1.17. The molecule has 0 radical (unpaired) electrons. The smallest absolute Gasteiger partial charge is 0.262 e. The minimum absolute atomic E-state index is 0.106. The Morgan fingerprint density at radius 3 is 2.50 bits per heavy atom. The molecule has 0 amide bonds. The second-order valence-electron chi connectivity index (χ2n) is 3.75. The van der Waals surface area contributed by atoms with Crippen molar-refractivity contribution in [2.75, 3.05) is 10.5 Å². The number of rotatable bonds is 3. The molecule has 18 heavy (non-hydrogen) atoms. The lowest BCUT2D eigenvalue weighted by Crippen LogP contribution is -2.13. The quantitative estimate of drug-likeness (QED) is 0.811. The zero-order valence-electron chi connectivity index (χ0n) is 9.66. The van der Waals surface area contributed by atoms with Crippen molar-refractivity contribution in [1.82, 2.24) is 9.97 Å². The minimum Gasteiger partial charge on any atom is -0.398 e. The highest BCUT2D eigenvalue weighted by molar-refractivity contribution is 7.92. The van der Waals surface area contributed by atoms with Gasteiger partial charge in [0, 0.05) is 5.69 Å². The molecule has 0 aliphatic rings. The van der Waals surface area contributed by atoms with Gasteiger partial charge in [-0.25, -0.2) is 18.4 Å². The molecule has 2 rings (SSSR count). The normalized spacial score (nSPS) is 11.2. The topological polar surface area (TPSA) is 98.0 Å². The molecule has 1 heterocycles. The van der Waals surface area contributed by atoms with Crippen LogP contribution in [0.1, 0.15) is 5.56 Å². The van der Waals surface area contributed by atoms with Crippen LogP contribution < -0.4 is 10.5 Å². The molecule has 0 fully saturated rings. The molecular formula is C11H12N4O2S. The average molecular weight is 264 g/mol. The number of benzene rings is 1. The van der Waals surface area contributed by atoms with Gasteiger partial charge in [0.2, 0.25) is 0 Å². The third-order valence-electron chi connectivity index (χ3n) is 2.37. The van der Waals surface area contributed by atoms with Crippen molar-refractivity contribution in [2.45, 2.75) is 11.8 Å². The van der Waals surface area contributed by atoms with Crippen LogP contribution in [0.2, 0.25) is 0 Å². The maximum atomic E-state index is 12.0. The van der Waals surface area contributed by atoms with E-state index in [1.807, 2.05) is 6.92 Å². The summed E-state index contributed by atoms with van der Waals surface area (Å²) < 4.78 is 26.5. The lowest BCUT2D eigenvalue weighted by molar-refractivity contribution is 0.601. The number of nitrogens with two attached hydrogens (primary N) is 1. The van der Waals surface area contributed by atoms with Gasteiger partial charge in [-0.2, -0.15) is 0 Å². The van der Waals surface area contributed by atoms with Gasteiger partial charge in [0.15, 0.2) is 0 Å². The van der Waals surface area contributed by atoms with Gasteiger partial charge in [0.05, 0.1) is 23.0 Å². The number of nitrogen functional groups attached to an aromatic ring is 1. The van der Waals surface area contributed by atoms with Gasteiger partial charge in [0.1, 0.15) is 6.33 Å². The van der Waals surface area contributed by atoms with E-state index in [4.69, 9.17) is 5.73 Å². The highest BCUT2D eigenvalue weighted by atomic mass is 32.2. The lowest BCUT2D eigenvalue weighted by Gasteiger charge is -2.08. The summed E-state index contributed by atoms with van der Waals surface area (Å²) >= 11 is 0. The lowest BCUT2D eigenvalue weighted by atomic mass is 10.2. The van der Waals surface area contributed by atoms with Gasteiger partial charge in [-0.15, -0.1) is 0 Å². The fourth-order valence-electron chi connectivity index (χ4n) is 1.35. The molecule has 1 aromatic heterocycles. The summed E-state index contributed by atoms with van der Waals surface area (Å²) in [6, 6.07) is 4.57. The Labute approximate surface area is 105 Å². The van der Waals surface area contributed by atoms with E-state index in [0.717, 1.165) is 5.56 Å². The molecule has 0 bridgehead atoms. The van der Waals surface area contributed by atoms with Crippen LogP contribution in [0.3, 0.4) is 0 Å². The maximum Gasteiger partial charge on any atom is 0.262 e. The molecule has 1 aromatic carbocycles. The van der Waals surface area contributed by atoms with E-state index in [9.17, 15) is 8.42 Å². The number of aromatic nitrogens is 2. The zero-order valence-corrected chi connectivity index (χ0v) is 10.5. The molecular weight excluding hydrogens is 252 g/mol. The predicted molar refractivity (Wildman–Crippen MR) is 68.4 cm³/mol. The van der Waals surface area contributed by atoms with E-state index in [1.165, 1.54) is 30.9 Å². The number of sulfonamides is 1. The Balaban J connectivity index is 2.34. The Bertz CT molecular complexity index is 656. The SMILES string of the molecule is Cc1ccc(S(=O)(=O)Nc2cncnc2)cc1N. The Morgan fingerprint density at radius 2 is 1.89 bits per heavy atom. The monoisotopic (exact) mass is 264 g/mol. The standard InChI is InChI=1S/C11H12N4O2S/c1-8-2-3-10(4-11(8)12)18(16,17)15-9-5-13-7-14-6-9/h2-7,15H,12H2,1H3. The highest BCUT2D eigenvalue weighted by Crippen LogP contribution is 2.19. The largest absolute Gasteiger partial charge is 0.398 e. The number of anilines is 2. The highest BCUT2D eigenvalue weighted by Gasteiger charge is 2.15. The maximum absolute atomic E-state index is 12.0. The van der Waals surface area contributed by atoms with Crippen LogP contribution >= 0.6 is 0 Å². The Morgan fingerprint density at radius 1 is 1.22 bits per heavy atom. The molecule has 0 spiro atoms. The summed E-state index contributed by atoms with van der Waals surface area (Å²) in [5.74, 6) is 0. The molecule has 0 saturated heterocycles. The van der Waals surface area contributed by atoms with E-state index in [1.54, 1.807) is 6.07 Å². The van der Waals surface area contributed by atoms with Crippen LogP contribution in [0.5, 0.6) is 0 Å². The zero-order chi connectivity index (χ0) is 13.2. The third kappa shape index (κ3) is 2.57. The molecule has 0 aliphatic heterocycles. The minimum atomic E-state index is -3.66. The van der Waals surface area contributed by atoms with Gasteiger partial charge in [0.25, 0.3) is 10.0 Å².